The fourth-order valence-corrected chi connectivity index (χ4v) is 6.62. The van der Waals surface area contributed by atoms with Crippen molar-refractivity contribution in [2.45, 2.75) is 51.6 Å². The number of sulfonamides is 1. The molecular weight excluding hydrogens is 446 g/mol. The molecule has 2 aliphatic rings. The topological polar surface area (TPSA) is 69.7 Å². The van der Waals surface area contributed by atoms with Gasteiger partial charge in [-0.2, -0.15) is 0 Å². The van der Waals surface area contributed by atoms with Gasteiger partial charge in [-0.25, -0.2) is 12.7 Å². The summed E-state index contributed by atoms with van der Waals surface area (Å²) in [4.78, 5) is 15.4. The largest absolute Gasteiger partial charge is 0.352 e. The Labute approximate surface area is 204 Å². The molecular formula is C27H37N3O3S. The lowest BCUT2D eigenvalue weighted by atomic mass is 9.98. The fraction of sp³-hybridized carbons (Fsp3) is 0.519. The molecule has 2 aliphatic heterocycles. The lowest BCUT2D eigenvalue weighted by molar-refractivity contribution is -0.126. The summed E-state index contributed by atoms with van der Waals surface area (Å²) in [7, 11) is -3.36. The number of piperidine rings is 1. The van der Waals surface area contributed by atoms with Gasteiger partial charge in [-0.1, -0.05) is 54.6 Å². The molecule has 7 heteroatoms. The van der Waals surface area contributed by atoms with Crippen LogP contribution in [0.25, 0.3) is 0 Å². The van der Waals surface area contributed by atoms with Crippen molar-refractivity contribution in [3.63, 3.8) is 0 Å². The lowest BCUT2D eigenvalue weighted by Crippen LogP contribution is -2.46. The zero-order chi connectivity index (χ0) is 23.8. The Morgan fingerprint density at radius 2 is 1.62 bits per heavy atom. The highest BCUT2D eigenvalue weighted by Gasteiger charge is 2.32. The number of hydrogen-bond acceptors (Lipinski definition) is 4. The molecule has 4 rings (SSSR count). The number of amides is 1. The molecule has 0 saturated carbocycles. The van der Waals surface area contributed by atoms with E-state index in [1.807, 2.05) is 36.4 Å². The summed E-state index contributed by atoms with van der Waals surface area (Å²) in [5.74, 6) is -0.205. The number of likely N-dealkylation sites (tertiary alicyclic amines) is 1. The van der Waals surface area contributed by atoms with Crippen LogP contribution < -0.4 is 5.32 Å². The molecule has 1 N–H and O–H groups in total. The summed E-state index contributed by atoms with van der Waals surface area (Å²) in [5, 5.41) is 3.09. The minimum Gasteiger partial charge on any atom is -0.352 e. The number of nitrogens with one attached hydrogen (secondary N) is 1. The van der Waals surface area contributed by atoms with Crippen LogP contribution in [0.4, 0.5) is 0 Å². The molecule has 2 heterocycles. The summed E-state index contributed by atoms with van der Waals surface area (Å²) < 4.78 is 27.4. The first-order valence-corrected chi connectivity index (χ1v) is 14.2. The van der Waals surface area contributed by atoms with Crippen molar-refractivity contribution in [1.82, 2.24) is 14.5 Å². The average Bonchev–Trinajstić information content (AvgIpc) is 3.37. The summed E-state index contributed by atoms with van der Waals surface area (Å²) >= 11 is 0. The van der Waals surface area contributed by atoms with E-state index in [9.17, 15) is 13.2 Å². The summed E-state index contributed by atoms with van der Waals surface area (Å²) in [6.45, 7) is 4.48. The minimum absolute atomic E-state index is 0.0415. The van der Waals surface area contributed by atoms with Crippen molar-refractivity contribution in [2.24, 2.45) is 5.92 Å². The van der Waals surface area contributed by atoms with Gasteiger partial charge >= 0.3 is 0 Å². The van der Waals surface area contributed by atoms with E-state index in [1.165, 1.54) is 22.7 Å². The van der Waals surface area contributed by atoms with Crippen LogP contribution in [0.3, 0.4) is 0 Å². The number of benzene rings is 2. The fourth-order valence-electron chi connectivity index (χ4n) is 5.03. The maximum Gasteiger partial charge on any atom is 0.224 e. The van der Waals surface area contributed by atoms with Crippen LogP contribution in [0.1, 0.15) is 48.8 Å². The molecule has 0 bridgehead atoms. The van der Waals surface area contributed by atoms with E-state index in [1.54, 1.807) is 0 Å². The first kappa shape index (κ1) is 24.9. The van der Waals surface area contributed by atoms with Crippen molar-refractivity contribution >= 4 is 15.9 Å². The molecule has 0 aliphatic carbocycles. The molecule has 2 fully saturated rings. The first-order chi connectivity index (χ1) is 16.5. The second-order valence-electron chi connectivity index (χ2n) is 9.57. The van der Waals surface area contributed by atoms with Crippen molar-refractivity contribution in [1.29, 1.82) is 0 Å². The SMILES string of the molecule is O=C(NCc1ccccc1CN1CCCC1)C1CCCN(S(=O)(=O)CCCc2ccccc2)C1. The van der Waals surface area contributed by atoms with Gasteiger partial charge in [0.25, 0.3) is 0 Å². The van der Waals surface area contributed by atoms with Crippen molar-refractivity contribution in [2.75, 3.05) is 31.9 Å². The first-order valence-electron chi connectivity index (χ1n) is 12.6. The standard InChI is InChI=1S/C27H37N3O3S/c31-27(28-20-24-13-4-5-14-25(24)21-29-16-6-7-17-29)26-15-8-18-30(22-26)34(32,33)19-9-12-23-10-2-1-3-11-23/h1-5,10-11,13-14,26H,6-9,12,15-22H2,(H,28,31). The van der Waals surface area contributed by atoms with Crippen LogP contribution in [0.2, 0.25) is 0 Å². The molecule has 6 nitrogen and oxygen atoms in total. The Balaban J connectivity index is 1.28. The molecule has 0 spiro atoms. The quantitative estimate of drug-likeness (QED) is 0.561. The average molecular weight is 484 g/mol. The molecule has 34 heavy (non-hydrogen) atoms. The molecule has 1 atom stereocenters. The van der Waals surface area contributed by atoms with Gasteiger partial charge in [-0.05, 0) is 68.3 Å². The van der Waals surface area contributed by atoms with Gasteiger partial charge in [0, 0.05) is 26.2 Å². The van der Waals surface area contributed by atoms with Gasteiger partial charge in [0.15, 0.2) is 0 Å². The third kappa shape index (κ3) is 6.90. The Morgan fingerprint density at radius 3 is 2.38 bits per heavy atom. The van der Waals surface area contributed by atoms with Gasteiger partial charge < -0.3 is 5.32 Å². The van der Waals surface area contributed by atoms with Gasteiger partial charge in [0.05, 0.1) is 11.7 Å². The second-order valence-corrected chi connectivity index (χ2v) is 11.7. The predicted octanol–water partition coefficient (Wildman–Crippen LogP) is 3.57. The molecule has 0 aromatic heterocycles. The third-order valence-corrected chi connectivity index (χ3v) is 8.95. The molecule has 2 aromatic carbocycles. The van der Waals surface area contributed by atoms with E-state index in [2.05, 4.69) is 28.4 Å². The lowest BCUT2D eigenvalue weighted by Gasteiger charge is -2.31. The number of carbonyl (C=O) groups is 1. The van der Waals surface area contributed by atoms with Gasteiger partial charge in [-0.3, -0.25) is 9.69 Å². The Hall–Kier alpha value is -2.22. The van der Waals surface area contributed by atoms with Gasteiger partial charge in [-0.15, -0.1) is 0 Å². The second kappa shape index (κ2) is 12.0. The van der Waals surface area contributed by atoms with Gasteiger partial charge in [0.1, 0.15) is 0 Å². The summed E-state index contributed by atoms with van der Waals surface area (Å²) in [6.07, 6.45) is 5.31. The van der Waals surface area contributed by atoms with E-state index in [4.69, 9.17) is 0 Å². The summed E-state index contributed by atoms with van der Waals surface area (Å²) in [6, 6.07) is 18.3. The van der Waals surface area contributed by atoms with Crippen LogP contribution in [0, 0.1) is 5.92 Å². The molecule has 0 radical (unpaired) electrons. The molecule has 184 valence electrons. The van der Waals surface area contributed by atoms with E-state index < -0.39 is 10.0 Å². The minimum atomic E-state index is -3.36. The Kier molecular flexibility index (Phi) is 8.75. The third-order valence-electron chi connectivity index (χ3n) is 7.02. The zero-order valence-corrected chi connectivity index (χ0v) is 20.8. The van der Waals surface area contributed by atoms with Crippen molar-refractivity contribution in [3.05, 3.63) is 71.3 Å². The smallest absolute Gasteiger partial charge is 0.224 e. The van der Waals surface area contributed by atoms with Crippen LogP contribution in [0.15, 0.2) is 54.6 Å². The number of hydrogen-bond donors (Lipinski definition) is 1. The zero-order valence-electron chi connectivity index (χ0n) is 20.0. The molecule has 1 unspecified atom stereocenters. The Morgan fingerprint density at radius 1 is 0.912 bits per heavy atom. The van der Waals surface area contributed by atoms with Crippen LogP contribution >= 0.6 is 0 Å². The number of carbonyl (C=O) groups excluding carboxylic acids is 1. The predicted molar refractivity (Wildman–Crippen MR) is 136 cm³/mol. The van der Waals surface area contributed by atoms with Crippen LogP contribution in [-0.2, 0) is 34.3 Å². The molecule has 2 aromatic rings. The van der Waals surface area contributed by atoms with Gasteiger partial charge in [0.2, 0.25) is 15.9 Å². The van der Waals surface area contributed by atoms with E-state index in [0.29, 0.717) is 19.5 Å². The Bertz CT molecular complexity index is 1040. The number of aryl methyl sites for hydroxylation is 1. The molecule has 1 amide bonds. The maximum atomic E-state index is 13.0. The van der Waals surface area contributed by atoms with Crippen LogP contribution in [0.5, 0.6) is 0 Å². The number of nitrogens with zero attached hydrogens (tertiary/aromatic N) is 2. The van der Waals surface area contributed by atoms with E-state index in [-0.39, 0.29) is 24.1 Å². The highest BCUT2D eigenvalue weighted by Crippen LogP contribution is 2.21. The van der Waals surface area contributed by atoms with E-state index in [0.717, 1.165) is 50.0 Å². The molecule has 2 saturated heterocycles. The number of rotatable bonds is 10. The van der Waals surface area contributed by atoms with Crippen molar-refractivity contribution < 1.29 is 13.2 Å². The van der Waals surface area contributed by atoms with Crippen LogP contribution in [-0.4, -0.2) is 55.5 Å². The van der Waals surface area contributed by atoms with E-state index >= 15 is 0 Å². The van der Waals surface area contributed by atoms with Crippen molar-refractivity contribution in [3.8, 4) is 0 Å². The monoisotopic (exact) mass is 483 g/mol. The highest BCUT2D eigenvalue weighted by atomic mass is 32.2. The summed E-state index contributed by atoms with van der Waals surface area (Å²) in [5.41, 5.74) is 3.55. The normalized spacial score (nSPS) is 19.8. The maximum absolute atomic E-state index is 13.0. The highest BCUT2D eigenvalue weighted by molar-refractivity contribution is 7.89.